The first-order valence-corrected chi connectivity index (χ1v) is 5.57. The molecule has 0 aliphatic heterocycles. The molecule has 0 saturated carbocycles. The first kappa shape index (κ1) is 12.0. The van der Waals surface area contributed by atoms with E-state index in [1.165, 1.54) is 12.1 Å². The maximum atomic E-state index is 13.6. The fourth-order valence-corrected chi connectivity index (χ4v) is 1.49. The predicted octanol–water partition coefficient (Wildman–Crippen LogP) is 2.64. The van der Waals surface area contributed by atoms with Crippen LogP contribution in [-0.4, -0.2) is 16.7 Å². The van der Waals surface area contributed by atoms with Gasteiger partial charge in [-0.05, 0) is 24.7 Å². The van der Waals surface area contributed by atoms with Crippen LogP contribution >= 0.6 is 11.6 Å². The van der Waals surface area contributed by atoms with Crippen molar-refractivity contribution in [1.82, 2.24) is 15.5 Å². The van der Waals surface area contributed by atoms with E-state index in [9.17, 15) is 4.39 Å². The Kier molecular flexibility index (Phi) is 3.71. The second kappa shape index (κ2) is 5.25. The Balaban J connectivity index is 2.24. The van der Waals surface area contributed by atoms with Crippen LogP contribution in [0, 0.1) is 5.82 Å². The summed E-state index contributed by atoms with van der Waals surface area (Å²) in [4.78, 5) is 0. The molecule has 2 aromatic rings. The molecule has 0 amide bonds. The third kappa shape index (κ3) is 2.81. The van der Waals surface area contributed by atoms with Crippen molar-refractivity contribution in [2.45, 2.75) is 13.5 Å². The number of hydrogen-bond acceptors (Lipinski definition) is 4. The third-order valence-corrected chi connectivity index (χ3v) is 2.39. The van der Waals surface area contributed by atoms with Gasteiger partial charge in [-0.3, -0.25) is 0 Å². The zero-order chi connectivity index (χ0) is 12.3. The SMILES string of the molecule is CCNCc1nnc(-c2ccc(Cl)cc2F)o1. The Hall–Kier alpha value is -1.46. The highest BCUT2D eigenvalue weighted by Gasteiger charge is 2.12. The van der Waals surface area contributed by atoms with E-state index in [0.29, 0.717) is 17.5 Å². The van der Waals surface area contributed by atoms with E-state index >= 15 is 0 Å². The van der Waals surface area contributed by atoms with Crippen molar-refractivity contribution in [3.63, 3.8) is 0 Å². The highest BCUT2D eigenvalue weighted by Crippen LogP contribution is 2.24. The fourth-order valence-electron chi connectivity index (χ4n) is 1.33. The van der Waals surface area contributed by atoms with Crippen LogP contribution in [0.5, 0.6) is 0 Å². The van der Waals surface area contributed by atoms with Gasteiger partial charge < -0.3 is 9.73 Å². The van der Waals surface area contributed by atoms with Gasteiger partial charge in [0.1, 0.15) is 5.82 Å². The molecule has 0 fully saturated rings. The smallest absolute Gasteiger partial charge is 0.250 e. The van der Waals surface area contributed by atoms with Gasteiger partial charge in [-0.1, -0.05) is 18.5 Å². The molecule has 17 heavy (non-hydrogen) atoms. The molecule has 2 rings (SSSR count). The van der Waals surface area contributed by atoms with Crippen LogP contribution in [0.2, 0.25) is 5.02 Å². The average molecular weight is 256 g/mol. The van der Waals surface area contributed by atoms with Crippen LogP contribution in [0.1, 0.15) is 12.8 Å². The Morgan fingerprint density at radius 1 is 1.41 bits per heavy atom. The van der Waals surface area contributed by atoms with Crippen molar-refractivity contribution in [1.29, 1.82) is 0 Å². The van der Waals surface area contributed by atoms with E-state index in [0.717, 1.165) is 6.54 Å². The van der Waals surface area contributed by atoms with Gasteiger partial charge in [0.05, 0.1) is 12.1 Å². The number of hydrogen-bond donors (Lipinski definition) is 1. The van der Waals surface area contributed by atoms with E-state index in [1.54, 1.807) is 6.07 Å². The third-order valence-electron chi connectivity index (χ3n) is 2.15. The predicted molar refractivity (Wildman–Crippen MR) is 62.1 cm³/mol. The van der Waals surface area contributed by atoms with Gasteiger partial charge in [0.2, 0.25) is 5.89 Å². The quantitative estimate of drug-likeness (QED) is 0.913. The van der Waals surface area contributed by atoms with Crippen LogP contribution in [0.25, 0.3) is 11.5 Å². The van der Waals surface area contributed by atoms with E-state index < -0.39 is 5.82 Å². The van der Waals surface area contributed by atoms with Crippen LogP contribution in [0.15, 0.2) is 22.6 Å². The number of nitrogens with zero attached hydrogens (tertiary/aromatic N) is 2. The van der Waals surface area contributed by atoms with Gasteiger partial charge in [-0.2, -0.15) is 0 Å². The summed E-state index contributed by atoms with van der Waals surface area (Å²) in [5.74, 6) is 0.111. The lowest BCUT2D eigenvalue weighted by Gasteiger charge is -1.98. The van der Waals surface area contributed by atoms with Gasteiger partial charge in [-0.15, -0.1) is 10.2 Å². The first-order valence-electron chi connectivity index (χ1n) is 5.19. The van der Waals surface area contributed by atoms with Gasteiger partial charge in [0.25, 0.3) is 5.89 Å². The minimum absolute atomic E-state index is 0.159. The van der Waals surface area contributed by atoms with E-state index in [1.807, 2.05) is 6.92 Å². The van der Waals surface area contributed by atoms with Crippen molar-refractivity contribution in [3.8, 4) is 11.5 Å². The summed E-state index contributed by atoms with van der Waals surface area (Å²) in [6.07, 6.45) is 0. The number of aromatic nitrogens is 2. The first-order chi connectivity index (χ1) is 8.20. The van der Waals surface area contributed by atoms with Gasteiger partial charge >= 0.3 is 0 Å². The van der Waals surface area contributed by atoms with E-state index in [-0.39, 0.29) is 11.5 Å². The standard InChI is InChI=1S/C11H11ClFN3O/c1-2-14-6-10-15-16-11(17-10)8-4-3-7(12)5-9(8)13/h3-5,14H,2,6H2,1H3. The second-order valence-electron chi connectivity index (χ2n) is 3.41. The summed E-state index contributed by atoms with van der Waals surface area (Å²) in [6.45, 7) is 3.24. The lowest BCUT2D eigenvalue weighted by molar-refractivity contribution is 0.479. The minimum atomic E-state index is -0.476. The van der Waals surface area contributed by atoms with Gasteiger partial charge in [-0.25, -0.2) is 4.39 Å². The van der Waals surface area contributed by atoms with Crippen LogP contribution in [0.4, 0.5) is 4.39 Å². The van der Waals surface area contributed by atoms with E-state index in [2.05, 4.69) is 15.5 Å². The van der Waals surface area contributed by atoms with Crippen LogP contribution in [0.3, 0.4) is 0 Å². The zero-order valence-corrected chi connectivity index (χ0v) is 9.96. The largest absolute Gasteiger partial charge is 0.419 e. The molecule has 1 N–H and O–H groups in total. The van der Waals surface area contributed by atoms with Crippen molar-refractivity contribution in [3.05, 3.63) is 34.9 Å². The monoisotopic (exact) mass is 255 g/mol. The summed E-state index contributed by atoms with van der Waals surface area (Å²) in [5, 5.41) is 11.0. The molecule has 0 radical (unpaired) electrons. The topological polar surface area (TPSA) is 51.0 Å². The molecule has 0 aliphatic carbocycles. The highest BCUT2D eigenvalue weighted by atomic mass is 35.5. The molecule has 0 bridgehead atoms. The fraction of sp³-hybridized carbons (Fsp3) is 0.273. The van der Waals surface area contributed by atoms with Crippen molar-refractivity contribution in [2.24, 2.45) is 0 Å². The number of benzene rings is 1. The lowest BCUT2D eigenvalue weighted by Crippen LogP contribution is -2.11. The van der Waals surface area contributed by atoms with Crippen molar-refractivity contribution < 1.29 is 8.81 Å². The Labute approximate surface area is 103 Å². The normalized spacial score (nSPS) is 10.8. The molecule has 0 unspecified atom stereocenters. The molecule has 1 aromatic carbocycles. The van der Waals surface area contributed by atoms with Crippen molar-refractivity contribution in [2.75, 3.05) is 6.54 Å². The molecule has 6 heteroatoms. The Morgan fingerprint density at radius 3 is 2.94 bits per heavy atom. The number of halogens is 2. The van der Waals surface area contributed by atoms with Crippen molar-refractivity contribution >= 4 is 11.6 Å². The second-order valence-corrected chi connectivity index (χ2v) is 3.84. The van der Waals surface area contributed by atoms with Crippen LogP contribution < -0.4 is 5.32 Å². The molecule has 90 valence electrons. The highest BCUT2D eigenvalue weighted by molar-refractivity contribution is 6.30. The molecule has 4 nitrogen and oxygen atoms in total. The molecular formula is C11H11ClFN3O. The average Bonchev–Trinajstić information content (AvgIpc) is 2.75. The number of nitrogens with one attached hydrogen (secondary N) is 1. The Morgan fingerprint density at radius 2 is 2.24 bits per heavy atom. The zero-order valence-electron chi connectivity index (χ0n) is 9.20. The molecule has 1 aromatic heterocycles. The summed E-state index contributed by atoms with van der Waals surface area (Å²) in [5.41, 5.74) is 0.254. The minimum Gasteiger partial charge on any atom is -0.419 e. The summed E-state index contributed by atoms with van der Waals surface area (Å²) in [7, 11) is 0. The molecule has 0 aliphatic rings. The van der Waals surface area contributed by atoms with Gasteiger partial charge in [0, 0.05) is 5.02 Å². The maximum Gasteiger partial charge on any atom is 0.250 e. The molecular weight excluding hydrogens is 245 g/mol. The molecule has 1 heterocycles. The molecule has 0 spiro atoms. The van der Waals surface area contributed by atoms with E-state index in [4.69, 9.17) is 16.0 Å². The number of rotatable bonds is 4. The summed E-state index contributed by atoms with van der Waals surface area (Å²) < 4.78 is 18.9. The Bertz CT molecular complexity index is 515. The molecule has 0 saturated heterocycles. The molecule has 0 atom stereocenters. The summed E-state index contributed by atoms with van der Waals surface area (Å²) >= 11 is 5.66. The van der Waals surface area contributed by atoms with Gasteiger partial charge in [0.15, 0.2) is 0 Å². The lowest BCUT2D eigenvalue weighted by atomic mass is 10.2. The maximum absolute atomic E-state index is 13.6. The summed E-state index contributed by atoms with van der Waals surface area (Å²) in [6, 6.07) is 4.31. The van der Waals surface area contributed by atoms with Crippen LogP contribution in [-0.2, 0) is 6.54 Å².